The average molecular weight is 468 g/mol. The van der Waals surface area contributed by atoms with Crippen molar-refractivity contribution in [3.63, 3.8) is 0 Å². The Morgan fingerprint density at radius 3 is 2.45 bits per heavy atom. The lowest BCUT2D eigenvalue weighted by molar-refractivity contribution is -0.138. The summed E-state index contributed by atoms with van der Waals surface area (Å²) in [6.07, 6.45) is 2.92. The molecule has 0 spiro atoms. The van der Waals surface area contributed by atoms with Crippen LogP contribution in [0.2, 0.25) is 0 Å². The lowest BCUT2D eigenvalue weighted by Gasteiger charge is -2.15. The molecule has 0 radical (unpaired) electrons. The van der Waals surface area contributed by atoms with Crippen LogP contribution in [0.15, 0.2) is 78.4 Å². The van der Waals surface area contributed by atoms with Crippen LogP contribution < -0.4 is 5.32 Å². The molecule has 7 heteroatoms. The van der Waals surface area contributed by atoms with Crippen LogP contribution in [0.1, 0.15) is 36.0 Å². The number of halogens is 3. The fourth-order valence-corrected chi connectivity index (χ4v) is 4.44. The van der Waals surface area contributed by atoms with Crippen molar-refractivity contribution in [2.24, 2.45) is 0 Å². The van der Waals surface area contributed by atoms with Crippen LogP contribution in [0.4, 0.5) is 24.0 Å². The summed E-state index contributed by atoms with van der Waals surface area (Å²) in [5, 5.41) is 5.41. The number of aromatic nitrogens is 2. The van der Waals surface area contributed by atoms with Crippen molar-refractivity contribution in [3.8, 4) is 11.3 Å². The Labute approximate surface area is 195 Å². The molecule has 0 aliphatic rings. The largest absolute Gasteiger partial charge is 0.416 e. The van der Waals surface area contributed by atoms with Gasteiger partial charge in [0.05, 0.1) is 11.3 Å². The molecular formula is C26H24F3N3S. The first-order valence-electron chi connectivity index (χ1n) is 10.9. The number of aryl methyl sites for hydroxylation is 2. The Kier molecular flexibility index (Phi) is 7.40. The van der Waals surface area contributed by atoms with E-state index in [1.54, 1.807) is 24.5 Å². The molecule has 0 atom stereocenters. The SMILES string of the molecule is FC(F)(F)c1cc(Nc2nc(-c3cccnc3)cs2)ccc1CCCCCc1ccccc1. The first-order chi connectivity index (χ1) is 16.0. The van der Waals surface area contributed by atoms with Crippen molar-refractivity contribution in [1.82, 2.24) is 9.97 Å². The van der Waals surface area contributed by atoms with Crippen LogP contribution in [0, 0.1) is 0 Å². The van der Waals surface area contributed by atoms with Gasteiger partial charge in [0, 0.05) is 29.0 Å². The zero-order valence-electron chi connectivity index (χ0n) is 18.0. The molecule has 0 saturated heterocycles. The molecule has 2 aromatic heterocycles. The van der Waals surface area contributed by atoms with Crippen LogP contribution in [0.5, 0.6) is 0 Å². The number of nitrogens with one attached hydrogen (secondary N) is 1. The summed E-state index contributed by atoms with van der Waals surface area (Å²) in [4.78, 5) is 8.54. The molecule has 170 valence electrons. The van der Waals surface area contributed by atoms with Gasteiger partial charge in [-0.15, -0.1) is 11.3 Å². The van der Waals surface area contributed by atoms with E-state index in [-0.39, 0.29) is 0 Å². The van der Waals surface area contributed by atoms with Gasteiger partial charge in [0.15, 0.2) is 5.13 Å². The first kappa shape index (κ1) is 23.0. The van der Waals surface area contributed by atoms with Crippen molar-refractivity contribution < 1.29 is 13.2 Å². The number of rotatable bonds is 9. The van der Waals surface area contributed by atoms with Crippen LogP contribution in [0.25, 0.3) is 11.3 Å². The van der Waals surface area contributed by atoms with Gasteiger partial charge in [-0.05, 0) is 61.1 Å². The molecular weight excluding hydrogens is 443 g/mol. The zero-order chi connectivity index (χ0) is 23.1. The number of unbranched alkanes of at least 4 members (excludes halogenated alkanes) is 2. The van der Waals surface area contributed by atoms with Gasteiger partial charge in [0.1, 0.15) is 0 Å². The van der Waals surface area contributed by atoms with Crippen molar-refractivity contribution in [2.45, 2.75) is 38.3 Å². The first-order valence-corrected chi connectivity index (χ1v) is 11.7. The van der Waals surface area contributed by atoms with E-state index in [1.165, 1.54) is 23.0 Å². The Morgan fingerprint density at radius 2 is 1.70 bits per heavy atom. The number of anilines is 2. The maximum Gasteiger partial charge on any atom is 0.416 e. The monoisotopic (exact) mass is 467 g/mol. The Morgan fingerprint density at radius 1 is 0.879 bits per heavy atom. The normalized spacial score (nSPS) is 11.5. The summed E-state index contributed by atoms with van der Waals surface area (Å²) < 4.78 is 41.2. The minimum atomic E-state index is -4.40. The number of hydrogen-bond acceptors (Lipinski definition) is 4. The third kappa shape index (κ3) is 6.42. The fraction of sp³-hybridized carbons (Fsp3) is 0.231. The molecule has 3 nitrogen and oxygen atoms in total. The summed E-state index contributed by atoms with van der Waals surface area (Å²) in [6, 6.07) is 18.3. The molecule has 0 unspecified atom stereocenters. The molecule has 0 aliphatic carbocycles. The highest BCUT2D eigenvalue weighted by molar-refractivity contribution is 7.14. The van der Waals surface area contributed by atoms with E-state index in [4.69, 9.17) is 0 Å². The van der Waals surface area contributed by atoms with Crippen molar-refractivity contribution >= 4 is 22.2 Å². The van der Waals surface area contributed by atoms with Gasteiger partial charge >= 0.3 is 6.18 Å². The number of alkyl halides is 3. The van der Waals surface area contributed by atoms with Crippen LogP contribution in [0.3, 0.4) is 0 Å². The summed E-state index contributed by atoms with van der Waals surface area (Å²) in [5.41, 5.74) is 2.99. The molecule has 0 amide bonds. The van der Waals surface area contributed by atoms with E-state index in [0.29, 0.717) is 22.8 Å². The molecule has 2 aromatic carbocycles. The van der Waals surface area contributed by atoms with Gasteiger partial charge in [-0.25, -0.2) is 4.98 Å². The summed E-state index contributed by atoms with van der Waals surface area (Å²) in [6.45, 7) is 0. The molecule has 0 saturated carbocycles. The second kappa shape index (κ2) is 10.6. The molecule has 4 rings (SSSR count). The highest BCUT2D eigenvalue weighted by Crippen LogP contribution is 2.36. The highest BCUT2D eigenvalue weighted by Gasteiger charge is 2.33. The summed E-state index contributed by atoms with van der Waals surface area (Å²) in [5.74, 6) is 0. The smallest absolute Gasteiger partial charge is 0.332 e. The van der Waals surface area contributed by atoms with Gasteiger partial charge < -0.3 is 5.32 Å². The van der Waals surface area contributed by atoms with Crippen molar-refractivity contribution in [1.29, 1.82) is 0 Å². The van der Waals surface area contributed by atoms with Crippen LogP contribution in [-0.4, -0.2) is 9.97 Å². The van der Waals surface area contributed by atoms with Gasteiger partial charge in [-0.3, -0.25) is 4.98 Å². The van der Waals surface area contributed by atoms with E-state index < -0.39 is 11.7 Å². The minimum Gasteiger partial charge on any atom is -0.332 e. The Balaban J connectivity index is 1.39. The van der Waals surface area contributed by atoms with Crippen molar-refractivity contribution in [3.05, 3.63) is 95.1 Å². The number of hydrogen-bond donors (Lipinski definition) is 1. The van der Waals surface area contributed by atoms with Gasteiger partial charge in [0.25, 0.3) is 0 Å². The summed E-state index contributed by atoms with van der Waals surface area (Å²) in [7, 11) is 0. The second-order valence-corrected chi connectivity index (χ2v) is 8.68. The van der Waals surface area contributed by atoms with E-state index >= 15 is 0 Å². The summed E-state index contributed by atoms with van der Waals surface area (Å²) >= 11 is 1.34. The second-order valence-electron chi connectivity index (χ2n) is 7.82. The number of nitrogens with zero attached hydrogens (tertiary/aromatic N) is 2. The third-order valence-corrected chi connectivity index (χ3v) is 6.14. The molecule has 33 heavy (non-hydrogen) atoms. The standard InChI is InChI=1S/C26H24F3N3S/c27-26(28,29)23-16-22(31-25-32-24(18-33-25)21-12-7-15-30-17-21)14-13-20(23)11-6-2-5-10-19-8-3-1-4-9-19/h1,3-4,7-9,12-18H,2,5-6,10-11H2,(H,31,32). The molecule has 0 bridgehead atoms. The minimum absolute atomic E-state index is 0.336. The van der Waals surface area contributed by atoms with E-state index in [0.717, 1.165) is 36.9 Å². The molecule has 2 heterocycles. The van der Waals surface area contributed by atoms with Gasteiger partial charge in [-0.1, -0.05) is 42.8 Å². The molecule has 0 fully saturated rings. The quantitative estimate of drug-likeness (QED) is 0.254. The molecule has 1 N–H and O–H groups in total. The van der Waals surface area contributed by atoms with Gasteiger partial charge in [-0.2, -0.15) is 13.2 Å². The van der Waals surface area contributed by atoms with Crippen LogP contribution in [-0.2, 0) is 19.0 Å². The lowest BCUT2D eigenvalue weighted by Crippen LogP contribution is -2.10. The van der Waals surface area contributed by atoms with E-state index in [9.17, 15) is 13.2 Å². The number of pyridine rings is 1. The zero-order valence-corrected chi connectivity index (χ0v) is 18.8. The molecule has 0 aliphatic heterocycles. The third-order valence-electron chi connectivity index (χ3n) is 5.38. The van der Waals surface area contributed by atoms with E-state index in [1.807, 2.05) is 35.7 Å². The Bertz CT molecular complexity index is 1160. The molecule has 4 aromatic rings. The topological polar surface area (TPSA) is 37.8 Å². The van der Waals surface area contributed by atoms with Crippen LogP contribution >= 0.6 is 11.3 Å². The average Bonchev–Trinajstić information content (AvgIpc) is 3.29. The number of benzene rings is 2. The fourth-order valence-electron chi connectivity index (χ4n) is 3.70. The number of thiazole rings is 1. The maximum atomic E-state index is 13.7. The van der Waals surface area contributed by atoms with Crippen molar-refractivity contribution in [2.75, 3.05) is 5.32 Å². The predicted molar refractivity (Wildman–Crippen MR) is 128 cm³/mol. The highest BCUT2D eigenvalue weighted by atomic mass is 32.1. The van der Waals surface area contributed by atoms with Gasteiger partial charge in [0.2, 0.25) is 0 Å². The Hall–Kier alpha value is -3.19. The lowest BCUT2D eigenvalue weighted by atomic mass is 9.99. The maximum absolute atomic E-state index is 13.7. The van der Waals surface area contributed by atoms with E-state index in [2.05, 4.69) is 27.4 Å². The predicted octanol–water partition coefficient (Wildman–Crippen LogP) is 7.92.